The summed E-state index contributed by atoms with van der Waals surface area (Å²) in [6.07, 6.45) is 1.30. The quantitative estimate of drug-likeness (QED) is 0.717. The second kappa shape index (κ2) is 7.96. The van der Waals surface area contributed by atoms with E-state index in [4.69, 9.17) is 5.26 Å². The summed E-state index contributed by atoms with van der Waals surface area (Å²) in [7, 11) is 0. The number of nitriles is 1. The average Bonchev–Trinajstić information content (AvgIpc) is 3.08. The molecule has 3 rings (SSSR count). The molecule has 0 aliphatic rings. The first-order valence-corrected chi connectivity index (χ1v) is 8.61. The van der Waals surface area contributed by atoms with Gasteiger partial charge in [0.25, 0.3) is 0 Å². The van der Waals surface area contributed by atoms with Gasteiger partial charge in [-0.1, -0.05) is 30.3 Å². The monoisotopic (exact) mass is 346 g/mol. The van der Waals surface area contributed by atoms with Gasteiger partial charge in [0.2, 0.25) is 0 Å². The van der Waals surface area contributed by atoms with Gasteiger partial charge in [-0.3, -0.25) is 0 Å². The van der Waals surface area contributed by atoms with E-state index in [0.717, 1.165) is 22.5 Å². The Balaban J connectivity index is 1.69. The first kappa shape index (κ1) is 17.9. The van der Waals surface area contributed by atoms with Crippen LogP contribution in [-0.2, 0) is 0 Å². The SMILES string of the molecule is Cc1c(C(C)NCC(O)c2ccccc2)cnn1-c1ccc(C#N)cc1. The summed E-state index contributed by atoms with van der Waals surface area (Å²) in [6.45, 7) is 4.55. The Labute approximate surface area is 153 Å². The molecular formula is C21H22N4O. The number of nitrogens with one attached hydrogen (secondary N) is 1. The second-order valence-corrected chi connectivity index (χ2v) is 6.31. The van der Waals surface area contributed by atoms with Crippen molar-refractivity contribution in [2.45, 2.75) is 26.0 Å². The van der Waals surface area contributed by atoms with Crippen LogP contribution in [0.4, 0.5) is 0 Å². The average molecular weight is 346 g/mol. The van der Waals surface area contributed by atoms with Gasteiger partial charge in [-0.15, -0.1) is 0 Å². The topological polar surface area (TPSA) is 73.9 Å². The van der Waals surface area contributed by atoms with E-state index in [-0.39, 0.29) is 6.04 Å². The Morgan fingerprint density at radius 3 is 2.50 bits per heavy atom. The summed E-state index contributed by atoms with van der Waals surface area (Å²) < 4.78 is 1.86. The molecule has 0 bridgehead atoms. The largest absolute Gasteiger partial charge is 0.387 e. The molecule has 5 heteroatoms. The fraction of sp³-hybridized carbons (Fsp3) is 0.238. The molecule has 2 atom stereocenters. The zero-order valence-electron chi connectivity index (χ0n) is 14.9. The highest BCUT2D eigenvalue weighted by atomic mass is 16.3. The number of aliphatic hydroxyl groups excluding tert-OH is 1. The van der Waals surface area contributed by atoms with E-state index in [2.05, 4.69) is 23.4 Å². The van der Waals surface area contributed by atoms with Crippen LogP contribution in [0.2, 0.25) is 0 Å². The number of rotatable bonds is 6. The summed E-state index contributed by atoms with van der Waals surface area (Å²) in [6, 6.07) is 19.2. The van der Waals surface area contributed by atoms with Crippen LogP contribution in [0.5, 0.6) is 0 Å². The van der Waals surface area contributed by atoms with Gasteiger partial charge >= 0.3 is 0 Å². The Morgan fingerprint density at radius 1 is 1.15 bits per heavy atom. The van der Waals surface area contributed by atoms with Gasteiger partial charge in [-0.05, 0) is 43.7 Å². The van der Waals surface area contributed by atoms with Gasteiger partial charge in [-0.25, -0.2) is 4.68 Å². The van der Waals surface area contributed by atoms with Crippen LogP contribution in [0.3, 0.4) is 0 Å². The van der Waals surface area contributed by atoms with Gasteiger partial charge in [0.15, 0.2) is 0 Å². The van der Waals surface area contributed by atoms with Crippen LogP contribution >= 0.6 is 0 Å². The van der Waals surface area contributed by atoms with Crippen LogP contribution in [-0.4, -0.2) is 21.4 Å². The number of nitrogens with zero attached hydrogens (tertiary/aromatic N) is 3. The number of benzene rings is 2. The van der Waals surface area contributed by atoms with Gasteiger partial charge in [0.05, 0.1) is 29.6 Å². The van der Waals surface area contributed by atoms with Gasteiger partial charge in [0.1, 0.15) is 0 Å². The lowest BCUT2D eigenvalue weighted by Gasteiger charge is -2.17. The lowest BCUT2D eigenvalue weighted by Crippen LogP contribution is -2.25. The van der Waals surface area contributed by atoms with Crippen molar-refractivity contribution in [3.8, 4) is 11.8 Å². The summed E-state index contributed by atoms with van der Waals surface area (Å²) >= 11 is 0. The summed E-state index contributed by atoms with van der Waals surface area (Å²) in [4.78, 5) is 0. The molecule has 0 saturated heterocycles. The highest BCUT2D eigenvalue weighted by molar-refractivity contribution is 5.41. The van der Waals surface area contributed by atoms with Crippen molar-refractivity contribution in [2.75, 3.05) is 6.54 Å². The molecule has 26 heavy (non-hydrogen) atoms. The molecule has 2 unspecified atom stereocenters. The molecule has 2 N–H and O–H groups in total. The van der Waals surface area contributed by atoms with Crippen molar-refractivity contribution in [3.63, 3.8) is 0 Å². The van der Waals surface area contributed by atoms with Crippen molar-refractivity contribution < 1.29 is 5.11 Å². The van der Waals surface area contributed by atoms with E-state index in [1.54, 1.807) is 12.1 Å². The van der Waals surface area contributed by atoms with E-state index in [1.165, 1.54) is 0 Å². The molecule has 2 aromatic carbocycles. The number of aliphatic hydroxyl groups is 1. The Kier molecular flexibility index (Phi) is 5.47. The molecule has 1 heterocycles. The third kappa shape index (κ3) is 3.83. The molecular weight excluding hydrogens is 324 g/mol. The van der Waals surface area contributed by atoms with Crippen LogP contribution in [0.1, 0.15) is 41.5 Å². The number of hydrogen-bond donors (Lipinski definition) is 2. The van der Waals surface area contributed by atoms with Crippen LogP contribution in [0, 0.1) is 18.3 Å². The minimum absolute atomic E-state index is 0.0560. The fourth-order valence-corrected chi connectivity index (χ4v) is 2.98. The predicted molar refractivity (Wildman–Crippen MR) is 101 cm³/mol. The van der Waals surface area contributed by atoms with E-state index in [1.807, 2.05) is 60.3 Å². The van der Waals surface area contributed by atoms with Crippen LogP contribution in [0.25, 0.3) is 5.69 Å². The standard InChI is InChI=1S/C21H22N4O/c1-15(23-14-21(26)18-6-4-3-5-7-18)20-13-24-25(16(20)2)19-10-8-17(12-22)9-11-19/h3-11,13,15,21,23,26H,14H2,1-2H3. The maximum absolute atomic E-state index is 10.3. The van der Waals surface area contributed by atoms with E-state index in [0.29, 0.717) is 12.1 Å². The Hall–Kier alpha value is -2.94. The molecule has 0 aliphatic heterocycles. The maximum Gasteiger partial charge on any atom is 0.0991 e. The zero-order chi connectivity index (χ0) is 18.5. The highest BCUT2D eigenvalue weighted by Gasteiger charge is 2.16. The van der Waals surface area contributed by atoms with Crippen LogP contribution in [0.15, 0.2) is 60.8 Å². The van der Waals surface area contributed by atoms with Crippen molar-refractivity contribution in [3.05, 3.63) is 83.2 Å². The van der Waals surface area contributed by atoms with Crippen molar-refractivity contribution in [1.29, 1.82) is 5.26 Å². The Bertz CT molecular complexity index is 894. The first-order chi connectivity index (χ1) is 12.6. The smallest absolute Gasteiger partial charge is 0.0991 e. The molecule has 0 saturated carbocycles. The van der Waals surface area contributed by atoms with Crippen molar-refractivity contribution in [2.24, 2.45) is 0 Å². The Morgan fingerprint density at radius 2 is 1.85 bits per heavy atom. The van der Waals surface area contributed by atoms with Crippen molar-refractivity contribution in [1.82, 2.24) is 15.1 Å². The minimum Gasteiger partial charge on any atom is -0.387 e. The summed E-state index contributed by atoms with van der Waals surface area (Å²) in [5.41, 5.74) is 4.56. The third-order valence-corrected chi connectivity index (χ3v) is 4.56. The van der Waals surface area contributed by atoms with Gasteiger partial charge in [0, 0.05) is 23.8 Å². The lowest BCUT2D eigenvalue weighted by molar-refractivity contribution is 0.170. The van der Waals surface area contributed by atoms with Gasteiger partial charge in [-0.2, -0.15) is 10.4 Å². The molecule has 0 amide bonds. The molecule has 3 aromatic rings. The van der Waals surface area contributed by atoms with Crippen LogP contribution < -0.4 is 5.32 Å². The lowest BCUT2D eigenvalue weighted by atomic mass is 10.1. The molecule has 1 aromatic heterocycles. The minimum atomic E-state index is -0.549. The van der Waals surface area contributed by atoms with E-state index < -0.39 is 6.10 Å². The molecule has 5 nitrogen and oxygen atoms in total. The fourth-order valence-electron chi connectivity index (χ4n) is 2.98. The molecule has 0 fully saturated rings. The van der Waals surface area contributed by atoms with E-state index in [9.17, 15) is 5.11 Å². The third-order valence-electron chi connectivity index (χ3n) is 4.56. The zero-order valence-corrected chi connectivity index (χ0v) is 14.9. The molecule has 0 radical (unpaired) electrons. The normalized spacial score (nSPS) is 13.2. The number of hydrogen-bond acceptors (Lipinski definition) is 4. The maximum atomic E-state index is 10.3. The molecule has 0 spiro atoms. The second-order valence-electron chi connectivity index (χ2n) is 6.31. The highest BCUT2D eigenvalue weighted by Crippen LogP contribution is 2.21. The molecule has 132 valence electrons. The van der Waals surface area contributed by atoms with Gasteiger partial charge < -0.3 is 10.4 Å². The summed E-state index contributed by atoms with van der Waals surface area (Å²) in [5.74, 6) is 0. The van der Waals surface area contributed by atoms with E-state index >= 15 is 0 Å². The summed E-state index contributed by atoms with van der Waals surface area (Å²) in [5, 5.41) is 27.1. The predicted octanol–water partition coefficient (Wildman–Crippen LogP) is 3.44. The first-order valence-electron chi connectivity index (χ1n) is 8.61. The number of aromatic nitrogens is 2. The molecule has 0 aliphatic carbocycles. The van der Waals surface area contributed by atoms with Crippen molar-refractivity contribution >= 4 is 0 Å².